The van der Waals surface area contributed by atoms with E-state index in [9.17, 15) is 19.7 Å². The molecule has 2 amide bonds. The average Bonchev–Trinajstić information content (AvgIpc) is 2.47. The number of rotatable bonds is 4. The average molecular weight is 299 g/mol. The van der Waals surface area contributed by atoms with Gasteiger partial charge in [-0.15, -0.1) is 0 Å². The fourth-order valence-electron chi connectivity index (χ4n) is 1.93. The number of hydrogen-bond donors (Lipinski definition) is 2. The summed E-state index contributed by atoms with van der Waals surface area (Å²) in [7, 11) is 0. The van der Waals surface area contributed by atoms with Gasteiger partial charge in [-0.25, -0.2) is 0 Å². The molecule has 0 saturated heterocycles. The number of non-ortho nitro benzene ring substituents is 1. The number of amides is 2. The second-order valence-corrected chi connectivity index (χ2v) is 4.65. The molecule has 0 aliphatic rings. The number of nitrogens with one attached hydrogen (secondary N) is 1. The number of aryl methyl sites for hydroxylation is 1. The summed E-state index contributed by atoms with van der Waals surface area (Å²) in [6.45, 7) is 1.62. The molecule has 112 valence electrons. The number of nitro groups is 1. The van der Waals surface area contributed by atoms with Gasteiger partial charge in [0.15, 0.2) is 0 Å². The summed E-state index contributed by atoms with van der Waals surface area (Å²) in [5, 5.41) is 13.3. The molecule has 7 nitrogen and oxygen atoms in total. The molecule has 0 aliphatic heterocycles. The van der Waals surface area contributed by atoms with Gasteiger partial charge in [0.1, 0.15) is 0 Å². The predicted octanol–water partition coefficient (Wildman–Crippen LogP) is 2.25. The van der Waals surface area contributed by atoms with Gasteiger partial charge in [0.05, 0.1) is 4.92 Å². The maximum Gasteiger partial charge on any atom is 0.269 e. The number of nitrogens with two attached hydrogens (primary N) is 1. The van der Waals surface area contributed by atoms with E-state index in [1.54, 1.807) is 19.1 Å². The molecule has 0 aliphatic carbocycles. The Kier molecular flexibility index (Phi) is 4.17. The normalized spacial score (nSPS) is 10.0. The Labute approximate surface area is 125 Å². The van der Waals surface area contributed by atoms with Crippen LogP contribution in [-0.4, -0.2) is 16.7 Å². The van der Waals surface area contributed by atoms with Crippen LogP contribution in [0.4, 0.5) is 11.4 Å². The quantitative estimate of drug-likeness (QED) is 0.665. The molecule has 0 bridgehead atoms. The van der Waals surface area contributed by atoms with Crippen molar-refractivity contribution < 1.29 is 14.5 Å². The lowest BCUT2D eigenvalue weighted by Gasteiger charge is -2.08. The molecule has 3 N–H and O–H groups in total. The Balaban J connectivity index is 2.18. The van der Waals surface area contributed by atoms with Crippen molar-refractivity contribution in [3.05, 3.63) is 69.3 Å². The Morgan fingerprint density at radius 1 is 1.14 bits per heavy atom. The van der Waals surface area contributed by atoms with E-state index in [1.165, 1.54) is 30.3 Å². The molecule has 2 rings (SSSR count). The molecule has 0 saturated carbocycles. The number of carbonyl (C=O) groups excluding carboxylic acids is 2. The van der Waals surface area contributed by atoms with Crippen molar-refractivity contribution in [2.75, 3.05) is 5.32 Å². The molecule has 2 aromatic rings. The number of benzene rings is 2. The number of anilines is 1. The monoisotopic (exact) mass is 299 g/mol. The number of carbonyl (C=O) groups is 2. The zero-order valence-corrected chi connectivity index (χ0v) is 11.7. The Morgan fingerprint density at radius 2 is 1.77 bits per heavy atom. The zero-order chi connectivity index (χ0) is 16.3. The maximum absolute atomic E-state index is 12.2. The first-order chi connectivity index (χ1) is 10.4. The molecule has 2 aromatic carbocycles. The molecular weight excluding hydrogens is 286 g/mol. The van der Waals surface area contributed by atoms with Gasteiger partial charge in [-0.3, -0.25) is 19.7 Å². The number of hydrogen-bond acceptors (Lipinski definition) is 4. The minimum atomic E-state index is -0.552. The highest BCUT2D eigenvalue weighted by Crippen LogP contribution is 2.18. The standard InChI is InChI=1S/C15H13N3O4/c1-9-8-12(18(21)22)6-7-13(9)15(20)17-11-4-2-10(3-5-11)14(16)19/h2-8H,1H3,(H2,16,19)(H,17,20). The fraction of sp³-hybridized carbons (Fsp3) is 0.0667. The molecule has 0 heterocycles. The van der Waals surface area contributed by atoms with Crippen molar-refractivity contribution in [1.82, 2.24) is 0 Å². The van der Waals surface area contributed by atoms with Crippen molar-refractivity contribution in [3.8, 4) is 0 Å². The summed E-state index contributed by atoms with van der Waals surface area (Å²) in [5.41, 5.74) is 6.73. The zero-order valence-electron chi connectivity index (χ0n) is 11.7. The van der Waals surface area contributed by atoms with Crippen LogP contribution in [0.2, 0.25) is 0 Å². The maximum atomic E-state index is 12.2. The minimum Gasteiger partial charge on any atom is -0.366 e. The highest BCUT2D eigenvalue weighted by molar-refractivity contribution is 6.05. The van der Waals surface area contributed by atoms with Gasteiger partial charge in [-0.05, 0) is 42.8 Å². The number of nitrogens with zero attached hydrogens (tertiary/aromatic N) is 1. The van der Waals surface area contributed by atoms with Gasteiger partial charge in [0, 0.05) is 28.9 Å². The molecule has 22 heavy (non-hydrogen) atoms. The third-order valence-electron chi connectivity index (χ3n) is 3.09. The van der Waals surface area contributed by atoms with Gasteiger partial charge in [-0.2, -0.15) is 0 Å². The van der Waals surface area contributed by atoms with E-state index in [0.29, 0.717) is 22.4 Å². The van der Waals surface area contributed by atoms with Crippen LogP contribution in [0.1, 0.15) is 26.3 Å². The van der Waals surface area contributed by atoms with E-state index in [0.717, 1.165) is 0 Å². The first-order valence-corrected chi connectivity index (χ1v) is 6.35. The molecule has 0 spiro atoms. The summed E-state index contributed by atoms with van der Waals surface area (Å²) >= 11 is 0. The summed E-state index contributed by atoms with van der Waals surface area (Å²) in [5.74, 6) is -0.941. The second-order valence-electron chi connectivity index (χ2n) is 4.65. The first-order valence-electron chi connectivity index (χ1n) is 6.35. The van der Waals surface area contributed by atoms with Crippen LogP contribution in [0.5, 0.6) is 0 Å². The smallest absolute Gasteiger partial charge is 0.269 e. The van der Waals surface area contributed by atoms with Crippen LogP contribution < -0.4 is 11.1 Å². The topological polar surface area (TPSA) is 115 Å². The number of primary amides is 1. The highest BCUT2D eigenvalue weighted by atomic mass is 16.6. The summed E-state index contributed by atoms with van der Waals surface area (Å²) in [6.07, 6.45) is 0. The summed E-state index contributed by atoms with van der Waals surface area (Å²) < 4.78 is 0. The van der Waals surface area contributed by atoms with E-state index >= 15 is 0 Å². The van der Waals surface area contributed by atoms with E-state index in [4.69, 9.17) is 5.73 Å². The van der Waals surface area contributed by atoms with Crippen molar-refractivity contribution >= 4 is 23.2 Å². The fourth-order valence-corrected chi connectivity index (χ4v) is 1.93. The van der Waals surface area contributed by atoms with Crippen LogP contribution >= 0.6 is 0 Å². The second kappa shape index (κ2) is 6.04. The van der Waals surface area contributed by atoms with Crippen LogP contribution in [0.25, 0.3) is 0 Å². The van der Waals surface area contributed by atoms with Gasteiger partial charge >= 0.3 is 0 Å². The summed E-state index contributed by atoms with van der Waals surface area (Å²) in [6, 6.07) is 10.1. The lowest BCUT2D eigenvalue weighted by atomic mass is 10.1. The largest absolute Gasteiger partial charge is 0.366 e. The third kappa shape index (κ3) is 3.26. The Bertz CT molecular complexity index is 754. The molecule has 0 unspecified atom stereocenters. The van der Waals surface area contributed by atoms with Crippen LogP contribution in [0.15, 0.2) is 42.5 Å². The van der Waals surface area contributed by atoms with E-state index in [-0.39, 0.29) is 11.6 Å². The Hall–Kier alpha value is -3.22. The Morgan fingerprint density at radius 3 is 2.27 bits per heavy atom. The van der Waals surface area contributed by atoms with Gasteiger partial charge in [0.25, 0.3) is 11.6 Å². The SMILES string of the molecule is Cc1cc([N+](=O)[O-])ccc1C(=O)Nc1ccc(C(N)=O)cc1. The molecule has 0 fully saturated rings. The van der Waals surface area contributed by atoms with Gasteiger partial charge in [0.2, 0.25) is 5.91 Å². The van der Waals surface area contributed by atoms with Gasteiger partial charge in [-0.1, -0.05) is 0 Å². The lowest BCUT2D eigenvalue weighted by molar-refractivity contribution is -0.384. The van der Waals surface area contributed by atoms with Crippen LogP contribution in [-0.2, 0) is 0 Å². The van der Waals surface area contributed by atoms with E-state index in [2.05, 4.69) is 5.32 Å². The van der Waals surface area contributed by atoms with Crippen LogP contribution in [0.3, 0.4) is 0 Å². The van der Waals surface area contributed by atoms with E-state index < -0.39 is 10.8 Å². The summed E-state index contributed by atoms with van der Waals surface area (Å²) in [4.78, 5) is 33.3. The number of nitro benzene ring substituents is 1. The lowest BCUT2D eigenvalue weighted by Crippen LogP contribution is -2.14. The van der Waals surface area contributed by atoms with Crippen molar-refractivity contribution in [1.29, 1.82) is 0 Å². The predicted molar refractivity (Wildman–Crippen MR) is 80.7 cm³/mol. The van der Waals surface area contributed by atoms with Gasteiger partial charge < -0.3 is 11.1 Å². The molecule has 0 atom stereocenters. The van der Waals surface area contributed by atoms with Crippen molar-refractivity contribution in [2.45, 2.75) is 6.92 Å². The van der Waals surface area contributed by atoms with Crippen molar-refractivity contribution in [2.24, 2.45) is 5.73 Å². The molecule has 7 heteroatoms. The van der Waals surface area contributed by atoms with Crippen LogP contribution in [0, 0.1) is 17.0 Å². The third-order valence-corrected chi connectivity index (χ3v) is 3.09. The molecular formula is C15H13N3O4. The first kappa shape index (κ1) is 15.2. The van der Waals surface area contributed by atoms with E-state index in [1.807, 2.05) is 0 Å². The minimum absolute atomic E-state index is 0.0696. The molecule has 0 radical (unpaired) electrons. The van der Waals surface area contributed by atoms with Crippen molar-refractivity contribution in [3.63, 3.8) is 0 Å². The highest BCUT2D eigenvalue weighted by Gasteiger charge is 2.13. The molecule has 0 aromatic heterocycles.